The van der Waals surface area contributed by atoms with Gasteiger partial charge in [-0.15, -0.1) is 0 Å². The average molecular weight is 227 g/mol. The molecular weight excluding hydrogens is 214 g/mol. The molecule has 0 atom stereocenters. The number of oxime groups is 1. The van der Waals surface area contributed by atoms with Gasteiger partial charge in [-0.05, 0) is 31.2 Å². The molecule has 0 aliphatic heterocycles. The monoisotopic (exact) mass is 227 g/mol. The predicted octanol–water partition coefficient (Wildman–Crippen LogP) is 3.60. The Bertz CT molecular complexity index is 518. The predicted molar refractivity (Wildman–Crippen MR) is 67.1 cm³/mol. The number of benzene rings is 2. The average Bonchev–Trinajstić information content (AvgIpc) is 2.35. The molecule has 0 saturated carbocycles. The molecule has 0 aliphatic carbocycles. The second kappa shape index (κ2) is 5.16. The van der Waals surface area contributed by atoms with Gasteiger partial charge in [-0.2, -0.15) is 0 Å². The van der Waals surface area contributed by atoms with E-state index in [1.807, 2.05) is 55.5 Å². The third kappa shape index (κ3) is 2.84. The Morgan fingerprint density at radius 3 is 2.47 bits per heavy atom. The van der Waals surface area contributed by atoms with Crippen LogP contribution in [-0.4, -0.2) is 11.4 Å². The molecule has 3 nitrogen and oxygen atoms in total. The molecule has 0 bridgehead atoms. The summed E-state index contributed by atoms with van der Waals surface area (Å²) in [6.45, 7) is 2.02. The van der Waals surface area contributed by atoms with E-state index >= 15 is 0 Å². The van der Waals surface area contributed by atoms with Crippen molar-refractivity contribution < 1.29 is 9.94 Å². The summed E-state index contributed by atoms with van der Waals surface area (Å²) in [5, 5.41) is 11.6. The highest BCUT2D eigenvalue weighted by Crippen LogP contribution is 2.24. The zero-order valence-electron chi connectivity index (χ0n) is 9.50. The molecule has 2 aromatic rings. The van der Waals surface area contributed by atoms with E-state index in [2.05, 4.69) is 5.16 Å². The van der Waals surface area contributed by atoms with Crippen molar-refractivity contribution in [2.24, 2.45) is 5.16 Å². The summed E-state index contributed by atoms with van der Waals surface area (Å²) in [5.74, 6) is 1.42. The van der Waals surface area contributed by atoms with E-state index < -0.39 is 0 Å². The standard InChI is InChI=1S/C14H13NO2/c1-11-6-8-13(9-7-11)17-14-5-3-2-4-12(14)10-15-16/h2-10,16H,1H3/b15-10+. The molecule has 0 saturated heterocycles. The maximum Gasteiger partial charge on any atom is 0.136 e. The fraction of sp³-hybridized carbons (Fsp3) is 0.0714. The summed E-state index contributed by atoms with van der Waals surface area (Å²) in [6.07, 6.45) is 1.35. The summed E-state index contributed by atoms with van der Waals surface area (Å²) < 4.78 is 5.71. The Balaban J connectivity index is 2.26. The lowest BCUT2D eigenvalue weighted by atomic mass is 10.2. The number of para-hydroxylation sites is 1. The minimum absolute atomic E-state index is 0.661. The van der Waals surface area contributed by atoms with Crippen molar-refractivity contribution in [3.05, 3.63) is 59.7 Å². The van der Waals surface area contributed by atoms with Crippen LogP contribution in [0.4, 0.5) is 0 Å². The molecule has 0 aromatic heterocycles. The topological polar surface area (TPSA) is 41.8 Å². The molecule has 0 unspecified atom stereocenters. The molecule has 2 aromatic carbocycles. The smallest absolute Gasteiger partial charge is 0.136 e. The van der Waals surface area contributed by atoms with Crippen molar-refractivity contribution in [2.75, 3.05) is 0 Å². The van der Waals surface area contributed by atoms with Crippen LogP contribution >= 0.6 is 0 Å². The number of aryl methyl sites for hydroxylation is 1. The van der Waals surface area contributed by atoms with Gasteiger partial charge in [-0.1, -0.05) is 35.0 Å². The summed E-state index contributed by atoms with van der Waals surface area (Å²) >= 11 is 0. The van der Waals surface area contributed by atoms with E-state index in [0.717, 1.165) is 11.3 Å². The Morgan fingerprint density at radius 1 is 1.06 bits per heavy atom. The summed E-state index contributed by atoms with van der Waals surface area (Å²) in [5.41, 5.74) is 1.91. The number of rotatable bonds is 3. The fourth-order valence-corrected chi connectivity index (χ4v) is 1.48. The summed E-state index contributed by atoms with van der Waals surface area (Å²) in [7, 11) is 0. The van der Waals surface area contributed by atoms with Crippen molar-refractivity contribution in [3.63, 3.8) is 0 Å². The van der Waals surface area contributed by atoms with Crippen LogP contribution < -0.4 is 4.74 Å². The first-order chi connectivity index (χ1) is 8.29. The minimum atomic E-state index is 0.661. The zero-order valence-corrected chi connectivity index (χ0v) is 9.50. The van der Waals surface area contributed by atoms with Gasteiger partial charge in [0.2, 0.25) is 0 Å². The first-order valence-electron chi connectivity index (χ1n) is 5.30. The maximum atomic E-state index is 8.56. The highest BCUT2D eigenvalue weighted by atomic mass is 16.5. The van der Waals surface area contributed by atoms with Crippen LogP contribution in [-0.2, 0) is 0 Å². The fourth-order valence-electron chi connectivity index (χ4n) is 1.48. The van der Waals surface area contributed by atoms with Crippen LogP contribution in [0, 0.1) is 6.92 Å². The van der Waals surface area contributed by atoms with Crippen LogP contribution in [0.5, 0.6) is 11.5 Å². The first kappa shape index (κ1) is 11.2. The summed E-state index contributed by atoms with van der Waals surface area (Å²) in [6, 6.07) is 15.2. The van der Waals surface area contributed by atoms with Crippen molar-refractivity contribution in [3.8, 4) is 11.5 Å². The number of hydrogen-bond acceptors (Lipinski definition) is 3. The number of ether oxygens (including phenoxy) is 1. The quantitative estimate of drug-likeness (QED) is 0.494. The molecule has 0 fully saturated rings. The molecular formula is C14H13NO2. The molecule has 3 heteroatoms. The van der Waals surface area contributed by atoms with Crippen LogP contribution in [0.2, 0.25) is 0 Å². The summed E-state index contributed by atoms with van der Waals surface area (Å²) in [4.78, 5) is 0. The SMILES string of the molecule is Cc1ccc(Oc2ccccc2/C=N/O)cc1. The molecule has 1 N–H and O–H groups in total. The van der Waals surface area contributed by atoms with Crippen molar-refractivity contribution >= 4 is 6.21 Å². The van der Waals surface area contributed by atoms with E-state index in [1.165, 1.54) is 11.8 Å². The highest BCUT2D eigenvalue weighted by Gasteiger charge is 2.02. The molecule has 17 heavy (non-hydrogen) atoms. The number of nitrogens with zero attached hydrogens (tertiary/aromatic N) is 1. The van der Waals surface area contributed by atoms with Gasteiger partial charge in [0.15, 0.2) is 0 Å². The van der Waals surface area contributed by atoms with E-state index in [9.17, 15) is 0 Å². The van der Waals surface area contributed by atoms with E-state index in [0.29, 0.717) is 5.75 Å². The van der Waals surface area contributed by atoms with Gasteiger partial charge in [-0.25, -0.2) is 0 Å². The number of hydrogen-bond donors (Lipinski definition) is 1. The molecule has 86 valence electrons. The van der Waals surface area contributed by atoms with Crippen LogP contribution in [0.3, 0.4) is 0 Å². The highest BCUT2D eigenvalue weighted by molar-refractivity contribution is 5.83. The Labute approximate surface area is 100.0 Å². The van der Waals surface area contributed by atoms with Gasteiger partial charge in [-0.3, -0.25) is 0 Å². The van der Waals surface area contributed by atoms with E-state index in [-0.39, 0.29) is 0 Å². The van der Waals surface area contributed by atoms with Gasteiger partial charge in [0.1, 0.15) is 11.5 Å². The lowest BCUT2D eigenvalue weighted by Gasteiger charge is -2.08. The molecule has 0 aliphatic rings. The van der Waals surface area contributed by atoms with Crippen LogP contribution in [0.1, 0.15) is 11.1 Å². The van der Waals surface area contributed by atoms with E-state index in [1.54, 1.807) is 0 Å². The Hall–Kier alpha value is -2.29. The maximum absolute atomic E-state index is 8.56. The van der Waals surface area contributed by atoms with Gasteiger partial charge < -0.3 is 9.94 Å². The zero-order chi connectivity index (χ0) is 12.1. The second-order valence-corrected chi connectivity index (χ2v) is 3.70. The van der Waals surface area contributed by atoms with E-state index in [4.69, 9.17) is 9.94 Å². The van der Waals surface area contributed by atoms with Gasteiger partial charge in [0, 0.05) is 5.56 Å². The third-order valence-corrected chi connectivity index (χ3v) is 2.36. The van der Waals surface area contributed by atoms with Crippen molar-refractivity contribution in [2.45, 2.75) is 6.92 Å². The Kier molecular flexibility index (Phi) is 3.40. The molecule has 0 heterocycles. The first-order valence-corrected chi connectivity index (χ1v) is 5.30. The third-order valence-electron chi connectivity index (χ3n) is 2.36. The van der Waals surface area contributed by atoms with Crippen molar-refractivity contribution in [1.82, 2.24) is 0 Å². The minimum Gasteiger partial charge on any atom is -0.457 e. The molecule has 0 spiro atoms. The van der Waals surface area contributed by atoms with Crippen molar-refractivity contribution in [1.29, 1.82) is 0 Å². The van der Waals surface area contributed by atoms with Crippen LogP contribution in [0.15, 0.2) is 53.7 Å². The lowest BCUT2D eigenvalue weighted by molar-refractivity contribution is 0.321. The van der Waals surface area contributed by atoms with Gasteiger partial charge in [0.05, 0.1) is 6.21 Å². The second-order valence-electron chi connectivity index (χ2n) is 3.70. The largest absolute Gasteiger partial charge is 0.457 e. The van der Waals surface area contributed by atoms with Crippen LogP contribution in [0.25, 0.3) is 0 Å². The van der Waals surface area contributed by atoms with Gasteiger partial charge in [0.25, 0.3) is 0 Å². The Morgan fingerprint density at radius 2 is 1.76 bits per heavy atom. The molecule has 2 rings (SSSR count). The lowest BCUT2D eigenvalue weighted by Crippen LogP contribution is -1.90. The molecule has 0 radical (unpaired) electrons. The molecule has 0 amide bonds. The van der Waals surface area contributed by atoms with Gasteiger partial charge >= 0.3 is 0 Å². The normalized spacial score (nSPS) is 10.6.